The Kier molecular flexibility index (Phi) is 14.1. The van der Waals surface area contributed by atoms with Gasteiger partial charge in [-0.1, -0.05) is 12.1 Å². The van der Waals surface area contributed by atoms with Gasteiger partial charge in [-0.2, -0.15) is 0 Å². The number of carbonyl (C=O) groups excluding carboxylic acids is 3. The molecule has 14 heteroatoms. The summed E-state index contributed by atoms with van der Waals surface area (Å²) in [6.45, 7) is 4.36. The molecule has 0 radical (unpaired) electrons. The normalized spacial score (nSPS) is 11.1. The minimum Gasteiger partial charge on any atom is -0.508 e. The highest BCUT2D eigenvalue weighted by molar-refractivity contribution is 5.99. The number of ether oxygens (including phenoxy) is 2. The summed E-state index contributed by atoms with van der Waals surface area (Å²) in [5.74, 6) is -1.28. The molecule has 0 spiro atoms. The van der Waals surface area contributed by atoms with E-state index in [4.69, 9.17) is 15.2 Å². The summed E-state index contributed by atoms with van der Waals surface area (Å²) in [6.07, 6.45) is 2.12. The largest absolute Gasteiger partial charge is 0.508 e. The van der Waals surface area contributed by atoms with Gasteiger partial charge >= 0.3 is 5.97 Å². The number of phenols is 2. The number of nitrogens with one attached hydrogen (secondary N) is 3. The molecular weight excluding hydrogens is 592 g/mol. The van der Waals surface area contributed by atoms with E-state index in [9.17, 15) is 24.6 Å². The Labute approximate surface area is 262 Å². The molecule has 0 aliphatic heterocycles. The van der Waals surface area contributed by atoms with Gasteiger partial charge < -0.3 is 41.4 Å². The van der Waals surface area contributed by atoms with Gasteiger partial charge in [0, 0.05) is 24.7 Å². The first-order valence-corrected chi connectivity index (χ1v) is 13.8. The predicted octanol–water partition coefficient (Wildman–Crippen LogP) is 2.40. The van der Waals surface area contributed by atoms with E-state index in [0.717, 1.165) is 18.4 Å². The van der Waals surface area contributed by atoms with Gasteiger partial charge in [-0.3, -0.25) is 9.59 Å². The maximum Gasteiger partial charge on any atom is 0.330 e. The molecule has 7 N–H and O–H groups in total. The molecule has 1 atom stereocenters. The third kappa shape index (κ3) is 10.6. The fourth-order valence-electron chi connectivity index (χ4n) is 4.26. The molecular formula is C30H39ClN6O7. The number of carbonyl (C=O) groups is 3. The number of aryl methyl sites for hydroxylation is 3. The Bertz CT molecular complexity index is 1420. The first-order chi connectivity index (χ1) is 20.6. The lowest BCUT2D eigenvalue weighted by atomic mass is 10.1. The zero-order chi connectivity index (χ0) is 31.4. The summed E-state index contributed by atoms with van der Waals surface area (Å²) in [7, 11) is 1.17. The highest BCUT2D eigenvalue weighted by atomic mass is 35.5. The molecule has 1 unspecified atom stereocenters. The van der Waals surface area contributed by atoms with Crippen molar-refractivity contribution in [1.82, 2.24) is 20.6 Å². The standard InChI is InChI=1S/C30H38N6O7.ClH/c1-18-26(19(2)35-30(34-18)32-11-5-8-20-7-4-9-22(37)13-20)28(40)36-25(29(41)42-3)17-33-27(39)21-14-23(38)16-24(15-21)43-12-6-10-31;/h4,7,9,13-16,25,37-38H,5-6,8,10-12,17,31H2,1-3H3,(H,33,39)(H,36,40)(H,32,34,35);1H. The Morgan fingerprint density at radius 2 is 1.70 bits per heavy atom. The van der Waals surface area contributed by atoms with Gasteiger partial charge in [-0.25, -0.2) is 14.8 Å². The SMILES string of the molecule is COC(=O)C(CNC(=O)c1cc(O)cc(OCCCN)c1)NC(=O)c1c(C)nc(NCCCc2cccc(O)c2)nc1C.Cl. The van der Waals surface area contributed by atoms with E-state index in [0.29, 0.717) is 43.5 Å². The van der Waals surface area contributed by atoms with Crippen LogP contribution in [-0.2, 0) is 16.0 Å². The Balaban J connectivity index is 0.00000675. The van der Waals surface area contributed by atoms with Crippen molar-refractivity contribution < 1.29 is 34.1 Å². The van der Waals surface area contributed by atoms with Crippen molar-refractivity contribution in [3.63, 3.8) is 0 Å². The van der Waals surface area contributed by atoms with Gasteiger partial charge in [-0.05, 0) is 69.5 Å². The molecule has 0 aliphatic rings. The average molecular weight is 631 g/mol. The maximum atomic E-state index is 13.2. The van der Waals surface area contributed by atoms with E-state index < -0.39 is 23.8 Å². The Morgan fingerprint density at radius 3 is 2.36 bits per heavy atom. The molecule has 2 amide bonds. The van der Waals surface area contributed by atoms with Gasteiger partial charge in [0.05, 0.1) is 30.7 Å². The van der Waals surface area contributed by atoms with Crippen molar-refractivity contribution in [2.24, 2.45) is 5.73 Å². The van der Waals surface area contributed by atoms with Crippen molar-refractivity contribution >= 4 is 36.1 Å². The van der Waals surface area contributed by atoms with Crippen molar-refractivity contribution in [3.05, 3.63) is 70.5 Å². The van der Waals surface area contributed by atoms with E-state index in [1.807, 2.05) is 6.07 Å². The third-order valence-electron chi connectivity index (χ3n) is 6.36. The van der Waals surface area contributed by atoms with Crippen molar-refractivity contribution in [2.75, 3.05) is 38.7 Å². The molecule has 0 saturated heterocycles. The number of nitrogens with two attached hydrogens (primary N) is 1. The Hall–Kier alpha value is -4.62. The van der Waals surface area contributed by atoms with Crippen molar-refractivity contribution in [1.29, 1.82) is 0 Å². The third-order valence-corrected chi connectivity index (χ3v) is 6.36. The smallest absolute Gasteiger partial charge is 0.330 e. The van der Waals surface area contributed by atoms with Gasteiger partial charge in [0.15, 0.2) is 0 Å². The van der Waals surface area contributed by atoms with Crippen LogP contribution in [-0.4, -0.2) is 77.4 Å². The molecule has 2 aromatic carbocycles. The molecule has 1 heterocycles. The number of benzene rings is 2. The number of anilines is 1. The van der Waals surface area contributed by atoms with Crippen LogP contribution in [0.15, 0.2) is 42.5 Å². The highest BCUT2D eigenvalue weighted by Crippen LogP contribution is 2.22. The summed E-state index contributed by atoms with van der Waals surface area (Å²) in [4.78, 5) is 47.2. The number of halogens is 1. The monoisotopic (exact) mass is 630 g/mol. The first-order valence-electron chi connectivity index (χ1n) is 13.8. The molecule has 1 aromatic heterocycles. The second-order valence-electron chi connectivity index (χ2n) is 9.76. The number of esters is 1. The van der Waals surface area contributed by atoms with E-state index >= 15 is 0 Å². The summed E-state index contributed by atoms with van der Waals surface area (Å²) in [6, 6.07) is 9.93. The lowest BCUT2D eigenvalue weighted by Gasteiger charge is -2.19. The van der Waals surface area contributed by atoms with Crippen LogP contribution in [0.5, 0.6) is 17.2 Å². The van der Waals surface area contributed by atoms with Gasteiger partial charge in [0.2, 0.25) is 5.95 Å². The number of aromatic nitrogens is 2. The van der Waals surface area contributed by atoms with Crippen LogP contribution in [0.25, 0.3) is 0 Å². The zero-order valence-corrected chi connectivity index (χ0v) is 25.7. The van der Waals surface area contributed by atoms with Crippen LogP contribution in [0, 0.1) is 13.8 Å². The van der Waals surface area contributed by atoms with E-state index in [1.165, 1.54) is 25.3 Å². The van der Waals surface area contributed by atoms with Crippen LogP contribution >= 0.6 is 12.4 Å². The number of rotatable bonds is 15. The number of amides is 2. The quantitative estimate of drug-likeness (QED) is 0.106. The fourth-order valence-corrected chi connectivity index (χ4v) is 4.26. The number of nitrogens with zero attached hydrogens (tertiary/aromatic N) is 2. The number of hydrogen-bond donors (Lipinski definition) is 6. The molecule has 3 aromatic rings. The number of aromatic hydroxyl groups is 2. The number of phenolic OH excluding ortho intramolecular Hbond substituents is 2. The van der Waals surface area contributed by atoms with Crippen LogP contribution in [0.4, 0.5) is 5.95 Å². The summed E-state index contributed by atoms with van der Waals surface area (Å²) < 4.78 is 10.3. The molecule has 3 rings (SSSR count). The molecule has 44 heavy (non-hydrogen) atoms. The van der Waals surface area contributed by atoms with Crippen LogP contribution in [0.2, 0.25) is 0 Å². The summed E-state index contributed by atoms with van der Waals surface area (Å²) >= 11 is 0. The van der Waals surface area contributed by atoms with Gasteiger partial charge in [-0.15, -0.1) is 12.4 Å². The fraction of sp³-hybridized carbons (Fsp3) is 0.367. The minimum atomic E-state index is -1.21. The van der Waals surface area contributed by atoms with Gasteiger partial charge in [0.25, 0.3) is 11.8 Å². The van der Waals surface area contributed by atoms with Crippen molar-refractivity contribution in [3.8, 4) is 17.2 Å². The maximum absolute atomic E-state index is 13.2. The Morgan fingerprint density at radius 1 is 0.977 bits per heavy atom. The summed E-state index contributed by atoms with van der Waals surface area (Å²) in [5, 5.41) is 27.9. The van der Waals surface area contributed by atoms with Crippen LogP contribution in [0.1, 0.15) is 50.5 Å². The minimum absolute atomic E-state index is 0. The second-order valence-corrected chi connectivity index (χ2v) is 9.76. The zero-order valence-electron chi connectivity index (χ0n) is 24.9. The van der Waals surface area contributed by atoms with E-state index in [1.54, 1.807) is 32.0 Å². The first kappa shape index (κ1) is 35.6. The highest BCUT2D eigenvalue weighted by Gasteiger charge is 2.26. The van der Waals surface area contributed by atoms with Crippen LogP contribution in [0.3, 0.4) is 0 Å². The molecule has 238 valence electrons. The van der Waals surface area contributed by atoms with Gasteiger partial charge in [0.1, 0.15) is 23.3 Å². The molecule has 13 nitrogen and oxygen atoms in total. The second kappa shape index (κ2) is 17.5. The topological polar surface area (TPSA) is 198 Å². The molecule has 0 aliphatic carbocycles. The van der Waals surface area contributed by atoms with Crippen molar-refractivity contribution in [2.45, 2.75) is 39.2 Å². The lowest BCUT2D eigenvalue weighted by molar-refractivity contribution is -0.142. The predicted molar refractivity (Wildman–Crippen MR) is 167 cm³/mol. The molecule has 0 fully saturated rings. The number of methoxy groups -OCH3 is 1. The van der Waals surface area contributed by atoms with E-state index in [2.05, 4.69) is 25.9 Å². The van der Waals surface area contributed by atoms with Crippen LogP contribution < -0.4 is 26.4 Å². The molecule has 0 saturated carbocycles. The van der Waals surface area contributed by atoms with E-state index in [-0.39, 0.29) is 47.3 Å². The average Bonchev–Trinajstić information content (AvgIpc) is 2.96. The summed E-state index contributed by atoms with van der Waals surface area (Å²) in [5.41, 5.74) is 7.56. The molecule has 0 bridgehead atoms. The number of hydrogen-bond acceptors (Lipinski definition) is 11. The lowest BCUT2D eigenvalue weighted by Crippen LogP contribution is -2.49.